The molecule has 0 fully saturated rings. The van der Waals surface area contributed by atoms with Crippen molar-refractivity contribution in [2.45, 2.75) is 34.1 Å². The Kier molecular flexibility index (Phi) is 3.84. The van der Waals surface area contributed by atoms with E-state index in [1.165, 1.54) is 11.1 Å². The van der Waals surface area contributed by atoms with E-state index >= 15 is 0 Å². The van der Waals surface area contributed by atoms with Crippen LogP contribution in [-0.2, 0) is 6.42 Å². The quantitative estimate of drug-likeness (QED) is 0.931. The average molecular weight is 270 g/mol. The maximum atomic E-state index is 11.1. The number of rotatable bonds is 3. The molecule has 0 saturated heterocycles. The summed E-state index contributed by atoms with van der Waals surface area (Å²) in [7, 11) is 0. The van der Waals surface area contributed by atoms with Crippen molar-refractivity contribution in [3.63, 3.8) is 0 Å². The van der Waals surface area contributed by atoms with E-state index in [9.17, 15) is 4.79 Å². The second-order valence-corrected chi connectivity index (χ2v) is 5.10. The molecule has 0 radical (unpaired) electrons. The third-order valence-electron chi connectivity index (χ3n) is 3.38. The van der Waals surface area contributed by atoms with Crippen molar-refractivity contribution >= 4 is 5.97 Å². The summed E-state index contributed by atoms with van der Waals surface area (Å²) < 4.78 is 0. The van der Waals surface area contributed by atoms with Crippen LogP contribution >= 0.6 is 0 Å². The highest BCUT2D eigenvalue weighted by Crippen LogP contribution is 2.16. The molecule has 0 aliphatic rings. The summed E-state index contributed by atoms with van der Waals surface area (Å²) in [6.07, 6.45) is 0.619. The second-order valence-electron chi connectivity index (χ2n) is 5.10. The van der Waals surface area contributed by atoms with E-state index in [0.717, 1.165) is 5.56 Å². The van der Waals surface area contributed by atoms with Gasteiger partial charge in [0, 0.05) is 6.42 Å². The Morgan fingerprint density at radius 3 is 2.20 bits per heavy atom. The largest absolute Gasteiger partial charge is 0.478 e. The van der Waals surface area contributed by atoms with Crippen molar-refractivity contribution in [2.24, 2.45) is 0 Å². The van der Waals surface area contributed by atoms with E-state index in [4.69, 9.17) is 5.11 Å². The van der Waals surface area contributed by atoms with Crippen molar-refractivity contribution in [1.82, 2.24) is 9.97 Å². The normalized spacial score (nSPS) is 10.6. The van der Waals surface area contributed by atoms with E-state index in [2.05, 4.69) is 42.0 Å². The molecule has 0 bridgehead atoms. The van der Waals surface area contributed by atoms with Gasteiger partial charge < -0.3 is 5.11 Å². The van der Waals surface area contributed by atoms with Crippen LogP contribution in [0.2, 0.25) is 0 Å². The molecule has 0 aliphatic carbocycles. The number of carboxylic acids is 1. The van der Waals surface area contributed by atoms with Gasteiger partial charge in [0.05, 0.1) is 11.4 Å². The summed E-state index contributed by atoms with van der Waals surface area (Å²) >= 11 is 0. The van der Waals surface area contributed by atoms with Crippen molar-refractivity contribution < 1.29 is 9.90 Å². The Bertz CT molecular complexity index is 655. The highest BCUT2D eigenvalue weighted by molar-refractivity contribution is 5.89. The minimum atomic E-state index is -0.974. The number of aromatic carboxylic acids is 1. The Balaban J connectivity index is 2.37. The molecule has 1 aromatic heterocycles. The zero-order valence-corrected chi connectivity index (χ0v) is 12.2. The predicted molar refractivity (Wildman–Crippen MR) is 77.2 cm³/mol. The van der Waals surface area contributed by atoms with Crippen LogP contribution in [0.4, 0.5) is 0 Å². The topological polar surface area (TPSA) is 63.1 Å². The van der Waals surface area contributed by atoms with Crippen molar-refractivity contribution in [3.8, 4) is 0 Å². The lowest BCUT2D eigenvalue weighted by atomic mass is 10.0. The SMILES string of the molecule is Cc1ccc(Cc2nc(C)c(C(=O)O)c(C)n2)c(C)c1. The molecule has 0 saturated carbocycles. The molecule has 1 N–H and O–H groups in total. The number of benzene rings is 1. The van der Waals surface area contributed by atoms with E-state index in [-0.39, 0.29) is 5.56 Å². The van der Waals surface area contributed by atoms with E-state index in [1.807, 2.05) is 0 Å². The van der Waals surface area contributed by atoms with Gasteiger partial charge in [-0.1, -0.05) is 23.8 Å². The zero-order valence-electron chi connectivity index (χ0n) is 12.2. The highest BCUT2D eigenvalue weighted by Gasteiger charge is 2.15. The van der Waals surface area contributed by atoms with Gasteiger partial charge >= 0.3 is 5.97 Å². The van der Waals surface area contributed by atoms with Crippen LogP contribution in [0.5, 0.6) is 0 Å². The van der Waals surface area contributed by atoms with Gasteiger partial charge in [-0.2, -0.15) is 0 Å². The Hall–Kier alpha value is -2.23. The summed E-state index contributed by atoms with van der Waals surface area (Å²) in [6.45, 7) is 7.55. The molecule has 0 aliphatic heterocycles. The molecule has 4 nitrogen and oxygen atoms in total. The lowest BCUT2D eigenvalue weighted by molar-refractivity contribution is 0.0694. The molecular formula is C16H18N2O2. The first-order valence-corrected chi connectivity index (χ1v) is 6.52. The molecule has 2 aromatic rings. The van der Waals surface area contributed by atoms with Gasteiger partial charge in [-0.25, -0.2) is 14.8 Å². The minimum absolute atomic E-state index is 0.203. The molecule has 20 heavy (non-hydrogen) atoms. The molecule has 2 rings (SSSR count). The summed E-state index contributed by atoms with van der Waals surface area (Å²) in [5.41, 5.74) is 4.83. The maximum absolute atomic E-state index is 11.1. The van der Waals surface area contributed by atoms with E-state index < -0.39 is 5.97 Å². The van der Waals surface area contributed by atoms with Crippen LogP contribution in [-0.4, -0.2) is 21.0 Å². The number of carbonyl (C=O) groups is 1. The molecular weight excluding hydrogens is 252 g/mol. The maximum Gasteiger partial charge on any atom is 0.339 e. The van der Waals surface area contributed by atoms with Crippen LogP contribution in [0.15, 0.2) is 18.2 Å². The summed E-state index contributed by atoms with van der Waals surface area (Å²) in [5.74, 6) is -0.310. The first-order valence-electron chi connectivity index (χ1n) is 6.52. The number of hydrogen-bond acceptors (Lipinski definition) is 3. The highest BCUT2D eigenvalue weighted by atomic mass is 16.4. The van der Waals surface area contributed by atoms with E-state index in [0.29, 0.717) is 23.6 Å². The first kappa shape index (κ1) is 14.2. The van der Waals surface area contributed by atoms with Gasteiger partial charge in [0.2, 0.25) is 0 Å². The molecule has 0 unspecified atom stereocenters. The molecule has 4 heteroatoms. The smallest absolute Gasteiger partial charge is 0.339 e. The fraction of sp³-hybridized carbons (Fsp3) is 0.312. The number of carboxylic acid groups (broad SMARTS) is 1. The summed E-state index contributed by atoms with van der Waals surface area (Å²) in [4.78, 5) is 19.8. The molecule has 0 amide bonds. The van der Waals surface area contributed by atoms with Crippen molar-refractivity contribution in [1.29, 1.82) is 0 Å². The standard InChI is InChI=1S/C16H18N2O2/c1-9-5-6-13(10(2)7-9)8-14-17-11(3)15(16(19)20)12(4)18-14/h5-7H,8H2,1-4H3,(H,19,20). The third kappa shape index (κ3) is 2.85. The van der Waals surface area contributed by atoms with Crippen LogP contribution in [0, 0.1) is 27.7 Å². The van der Waals surface area contributed by atoms with Gasteiger partial charge in [-0.05, 0) is 38.8 Å². The van der Waals surface area contributed by atoms with Crippen molar-refractivity contribution in [2.75, 3.05) is 0 Å². The molecule has 0 spiro atoms. The minimum Gasteiger partial charge on any atom is -0.478 e. The second kappa shape index (κ2) is 5.41. The van der Waals surface area contributed by atoms with Gasteiger partial charge in [0.25, 0.3) is 0 Å². The Morgan fingerprint density at radius 1 is 1.10 bits per heavy atom. The zero-order chi connectivity index (χ0) is 14.9. The first-order chi connectivity index (χ1) is 9.38. The van der Waals surface area contributed by atoms with Gasteiger partial charge in [-0.15, -0.1) is 0 Å². The van der Waals surface area contributed by atoms with Crippen LogP contribution in [0.1, 0.15) is 44.3 Å². The van der Waals surface area contributed by atoms with Crippen LogP contribution in [0.25, 0.3) is 0 Å². The molecule has 1 heterocycles. The van der Waals surface area contributed by atoms with Gasteiger partial charge in [-0.3, -0.25) is 0 Å². The number of aryl methyl sites for hydroxylation is 4. The van der Waals surface area contributed by atoms with Gasteiger partial charge in [0.15, 0.2) is 0 Å². The number of hydrogen-bond donors (Lipinski definition) is 1. The Labute approximate surface area is 118 Å². The molecule has 1 aromatic carbocycles. The monoisotopic (exact) mass is 270 g/mol. The van der Waals surface area contributed by atoms with Crippen LogP contribution < -0.4 is 0 Å². The van der Waals surface area contributed by atoms with E-state index in [1.54, 1.807) is 13.8 Å². The lowest BCUT2D eigenvalue weighted by Gasteiger charge is -2.09. The number of nitrogens with zero attached hydrogens (tertiary/aromatic N) is 2. The van der Waals surface area contributed by atoms with Crippen molar-refractivity contribution in [3.05, 3.63) is 57.7 Å². The van der Waals surface area contributed by atoms with Crippen LogP contribution in [0.3, 0.4) is 0 Å². The molecule has 0 atom stereocenters. The average Bonchev–Trinajstić information content (AvgIpc) is 2.31. The van der Waals surface area contributed by atoms with Gasteiger partial charge in [0.1, 0.15) is 11.4 Å². The Morgan fingerprint density at radius 2 is 1.70 bits per heavy atom. The summed E-state index contributed by atoms with van der Waals surface area (Å²) in [6, 6.07) is 6.26. The fourth-order valence-corrected chi connectivity index (χ4v) is 2.39. The third-order valence-corrected chi connectivity index (χ3v) is 3.38. The molecule has 104 valence electrons. The fourth-order valence-electron chi connectivity index (χ4n) is 2.39. The summed E-state index contributed by atoms with van der Waals surface area (Å²) in [5, 5.41) is 9.12. The number of aromatic nitrogens is 2. The lowest BCUT2D eigenvalue weighted by Crippen LogP contribution is -2.10. The predicted octanol–water partition coefficient (Wildman–Crippen LogP) is 3.00.